The van der Waals surface area contributed by atoms with Gasteiger partial charge in [-0.2, -0.15) is 0 Å². The van der Waals surface area contributed by atoms with Crippen LogP contribution in [0.3, 0.4) is 0 Å². The number of aromatic nitrogens is 4. The van der Waals surface area contributed by atoms with Crippen molar-refractivity contribution in [2.45, 2.75) is 0 Å². The summed E-state index contributed by atoms with van der Waals surface area (Å²) in [4.78, 5) is 4.42. The molecule has 0 unspecified atom stereocenters. The van der Waals surface area contributed by atoms with Gasteiger partial charge in [-0.3, -0.25) is 4.40 Å². The van der Waals surface area contributed by atoms with E-state index in [4.69, 9.17) is 4.74 Å². The molecule has 0 N–H and O–H groups in total. The minimum Gasteiger partial charge on any atom is -0.477 e. The lowest BCUT2D eigenvalue weighted by atomic mass is 10.3. The molecule has 74 valence electrons. The lowest BCUT2D eigenvalue weighted by Gasteiger charge is -1.98. The van der Waals surface area contributed by atoms with Crippen LogP contribution in [0.25, 0.3) is 16.7 Å². The van der Waals surface area contributed by atoms with Gasteiger partial charge in [-0.1, -0.05) is 12.1 Å². The average Bonchev–Trinajstić information content (AvgIpc) is 2.67. The number of para-hydroxylation sites is 2. The minimum atomic E-state index is 0.439. The Bertz CT molecular complexity index is 631. The first-order valence-electron chi connectivity index (χ1n) is 4.52. The minimum absolute atomic E-state index is 0.439. The fourth-order valence-corrected chi connectivity index (χ4v) is 1.62. The number of ether oxygens (including phenoxy) is 1. The van der Waals surface area contributed by atoms with Crippen molar-refractivity contribution in [1.82, 2.24) is 19.6 Å². The van der Waals surface area contributed by atoms with Crippen molar-refractivity contribution in [3.63, 3.8) is 0 Å². The van der Waals surface area contributed by atoms with E-state index in [-0.39, 0.29) is 0 Å². The van der Waals surface area contributed by atoms with Gasteiger partial charge in [0.25, 0.3) is 5.88 Å². The number of nitrogens with zero attached hydrogens (tertiary/aromatic N) is 4. The molecule has 0 saturated heterocycles. The molecule has 0 fully saturated rings. The molecule has 5 nitrogen and oxygen atoms in total. The normalized spacial score (nSPS) is 11.0. The summed E-state index contributed by atoms with van der Waals surface area (Å²) in [5, 5.41) is 7.72. The SMILES string of the molecule is COc1nncn2c1nc1ccccc12. The van der Waals surface area contributed by atoms with E-state index < -0.39 is 0 Å². The molecule has 0 saturated carbocycles. The molecule has 1 aromatic carbocycles. The third-order valence-corrected chi connectivity index (χ3v) is 2.30. The van der Waals surface area contributed by atoms with E-state index >= 15 is 0 Å². The predicted molar refractivity (Wildman–Crippen MR) is 54.8 cm³/mol. The molecule has 15 heavy (non-hydrogen) atoms. The summed E-state index contributed by atoms with van der Waals surface area (Å²) in [6.45, 7) is 0. The highest BCUT2D eigenvalue weighted by molar-refractivity contribution is 5.81. The topological polar surface area (TPSA) is 52.3 Å². The molecule has 2 aromatic heterocycles. The van der Waals surface area contributed by atoms with Crippen molar-refractivity contribution in [2.24, 2.45) is 0 Å². The second kappa shape index (κ2) is 2.91. The van der Waals surface area contributed by atoms with Crippen molar-refractivity contribution in [1.29, 1.82) is 0 Å². The molecule has 0 atom stereocenters. The van der Waals surface area contributed by atoms with Crippen LogP contribution in [0.4, 0.5) is 0 Å². The molecule has 0 spiro atoms. The second-order valence-corrected chi connectivity index (χ2v) is 3.13. The Kier molecular flexibility index (Phi) is 1.58. The smallest absolute Gasteiger partial charge is 0.277 e. The molecular weight excluding hydrogens is 192 g/mol. The summed E-state index contributed by atoms with van der Waals surface area (Å²) in [5.41, 5.74) is 2.60. The maximum atomic E-state index is 5.10. The van der Waals surface area contributed by atoms with Crippen LogP contribution in [-0.4, -0.2) is 26.7 Å². The molecule has 0 amide bonds. The molecule has 0 aliphatic carbocycles. The van der Waals surface area contributed by atoms with E-state index in [0.29, 0.717) is 11.5 Å². The number of benzene rings is 1. The van der Waals surface area contributed by atoms with Gasteiger partial charge in [0.1, 0.15) is 6.33 Å². The Labute approximate surface area is 85.3 Å². The van der Waals surface area contributed by atoms with Crippen molar-refractivity contribution in [3.8, 4) is 5.88 Å². The highest BCUT2D eigenvalue weighted by atomic mass is 16.5. The Morgan fingerprint density at radius 1 is 1.27 bits per heavy atom. The number of hydrogen-bond acceptors (Lipinski definition) is 4. The van der Waals surface area contributed by atoms with Crippen molar-refractivity contribution >= 4 is 16.7 Å². The molecule has 3 aromatic rings. The van der Waals surface area contributed by atoms with Gasteiger partial charge in [0.05, 0.1) is 18.1 Å². The average molecular weight is 200 g/mol. The molecule has 3 rings (SSSR count). The van der Waals surface area contributed by atoms with E-state index in [2.05, 4.69) is 15.2 Å². The Hall–Kier alpha value is -2.17. The Balaban J connectivity index is 2.53. The monoisotopic (exact) mass is 200 g/mol. The quantitative estimate of drug-likeness (QED) is 0.593. The zero-order chi connectivity index (χ0) is 10.3. The third kappa shape index (κ3) is 1.06. The molecule has 0 radical (unpaired) electrons. The van der Waals surface area contributed by atoms with Gasteiger partial charge in [0.15, 0.2) is 0 Å². The summed E-state index contributed by atoms with van der Waals surface area (Å²) in [7, 11) is 1.56. The first-order valence-corrected chi connectivity index (χ1v) is 4.52. The summed E-state index contributed by atoms with van der Waals surface area (Å²) in [6.07, 6.45) is 1.63. The first-order chi connectivity index (χ1) is 7.40. The van der Waals surface area contributed by atoms with Gasteiger partial charge in [-0.15, -0.1) is 10.2 Å². The van der Waals surface area contributed by atoms with Crippen LogP contribution in [-0.2, 0) is 0 Å². The maximum Gasteiger partial charge on any atom is 0.277 e. The first kappa shape index (κ1) is 8.16. The van der Waals surface area contributed by atoms with Crippen molar-refractivity contribution in [2.75, 3.05) is 7.11 Å². The molecule has 5 heteroatoms. The van der Waals surface area contributed by atoms with Gasteiger partial charge < -0.3 is 4.74 Å². The number of fused-ring (bicyclic) bond motifs is 3. The number of methoxy groups -OCH3 is 1. The van der Waals surface area contributed by atoms with Crippen molar-refractivity contribution in [3.05, 3.63) is 30.6 Å². The van der Waals surface area contributed by atoms with Crippen LogP contribution >= 0.6 is 0 Å². The van der Waals surface area contributed by atoms with Gasteiger partial charge in [-0.05, 0) is 12.1 Å². The van der Waals surface area contributed by atoms with Gasteiger partial charge in [0.2, 0.25) is 5.65 Å². The molecule has 0 bridgehead atoms. The van der Waals surface area contributed by atoms with Crippen LogP contribution in [0, 0.1) is 0 Å². The van der Waals surface area contributed by atoms with E-state index in [1.54, 1.807) is 13.4 Å². The molecule has 2 heterocycles. The summed E-state index contributed by atoms with van der Waals surface area (Å²) in [6, 6.07) is 7.84. The van der Waals surface area contributed by atoms with Gasteiger partial charge in [0, 0.05) is 0 Å². The number of rotatable bonds is 1. The molecular formula is C10H8N4O. The zero-order valence-electron chi connectivity index (χ0n) is 8.08. The maximum absolute atomic E-state index is 5.10. The van der Waals surface area contributed by atoms with Gasteiger partial charge >= 0.3 is 0 Å². The standard InChI is InChI=1S/C10H8N4O/c1-15-10-9-12-7-4-2-3-5-8(7)14(9)6-11-13-10/h2-6H,1H3. The summed E-state index contributed by atoms with van der Waals surface area (Å²) >= 11 is 0. The third-order valence-electron chi connectivity index (χ3n) is 2.30. The number of imidazole rings is 1. The largest absolute Gasteiger partial charge is 0.477 e. The van der Waals surface area contributed by atoms with Crippen LogP contribution in [0.15, 0.2) is 30.6 Å². The lowest BCUT2D eigenvalue weighted by molar-refractivity contribution is 0.393. The van der Waals surface area contributed by atoms with Crippen molar-refractivity contribution < 1.29 is 4.74 Å². The Morgan fingerprint density at radius 2 is 2.13 bits per heavy atom. The van der Waals surface area contributed by atoms with E-state index in [0.717, 1.165) is 11.0 Å². The van der Waals surface area contributed by atoms with E-state index in [1.807, 2.05) is 28.7 Å². The highest BCUT2D eigenvalue weighted by Gasteiger charge is 2.09. The fourth-order valence-electron chi connectivity index (χ4n) is 1.62. The van der Waals surface area contributed by atoms with Crippen LogP contribution < -0.4 is 4.74 Å². The zero-order valence-corrected chi connectivity index (χ0v) is 8.08. The molecule has 0 aliphatic heterocycles. The van der Waals surface area contributed by atoms with Gasteiger partial charge in [-0.25, -0.2) is 4.98 Å². The van der Waals surface area contributed by atoms with Crippen LogP contribution in [0.1, 0.15) is 0 Å². The number of hydrogen-bond donors (Lipinski definition) is 0. The summed E-state index contributed by atoms with van der Waals surface area (Å²) < 4.78 is 6.96. The van der Waals surface area contributed by atoms with Crippen LogP contribution in [0.2, 0.25) is 0 Å². The fraction of sp³-hybridized carbons (Fsp3) is 0.100. The summed E-state index contributed by atoms with van der Waals surface area (Å²) in [5.74, 6) is 0.439. The van der Waals surface area contributed by atoms with E-state index in [9.17, 15) is 0 Å². The van der Waals surface area contributed by atoms with E-state index in [1.165, 1.54) is 0 Å². The predicted octanol–water partition coefficient (Wildman–Crippen LogP) is 1.29. The Morgan fingerprint density at radius 3 is 3.00 bits per heavy atom. The second-order valence-electron chi connectivity index (χ2n) is 3.13. The molecule has 0 aliphatic rings. The van der Waals surface area contributed by atoms with Crippen LogP contribution in [0.5, 0.6) is 5.88 Å². The lowest BCUT2D eigenvalue weighted by Crippen LogP contribution is -1.96. The highest BCUT2D eigenvalue weighted by Crippen LogP contribution is 2.20.